The van der Waals surface area contributed by atoms with E-state index in [0.29, 0.717) is 13.3 Å². The molecule has 3 aliphatic rings. The minimum Gasteiger partial charge on any atom is -0.465 e. The molecule has 8 heteroatoms. The Morgan fingerprint density at radius 1 is 1.50 bits per heavy atom. The predicted octanol–water partition coefficient (Wildman–Crippen LogP) is 1.08. The van der Waals surface area contributed by atoms with Crippen LogP contribution < -0.4 is 0 Å². The van der Waals surface area contributed by atoms with Crippen LogP contribution in [0.2, 0.25) is 0 Å². The number of aliphatic hydroxyl groups is 1. The van der Waals surface area contributed by atoms with Gasteiger partial charge in [-0.05, 0) is 6.42 Å². The van der Waals surface area contributed by atoms with Crippen LogP contribution in [0.3, 0.4) is 0 Å². The van der Waals surface area contributed by atoms with Gasteiger partial charge in [-0.2, -0.15) is 0 Å². The van der Waals surface area contributed by atoms with Crippen LogP contribution in [0.5, 0.6) is 0 Å². The summed E-state index contributed by atoms with van der Waals surface area (Å²) in [7, 11) is 0. The zero-order valence-corrected chi connectivity index (χ0v) is 11.9. The molecule has 0 aromatic carbocycles. The predicted molar refractivity (Wildman–Crippen MR) is 65.6 cm³/mol. The smallest absolute Gasteiger partial charge is 0.310 e. The number of alkyl halides is 3. The van der Waals surface area contributed by atoms with Gasteiger partial charge in [0.15, 0.2) is 6.17 Å². The molecule has 2 aliphatic carbocycles. The molecule has 1 N–H and O–H groups in total. The Morgan fingerprint density at radius 3 is 2.82 bits per heavy atom. The van der Waals surface area contributed by atoms with Gasteiger partial charge in [-0.15, -0.1) is 0 Å². The fourth-order valence-corrected chi connectivity index (χ4v) is 3.95. The van der Waals surface area contributed by atoms with Gasteiger partial charge in [0, 0.05) is 25.2 Å². The summed E-state index contributed by atoms with van der Waals surface area (Å²) in [4.78, 5) is 23.9. The number of carbonyl (C=O) groups is 2. The number of fused-ring (bicyclic) bond motifs is 1. The van der Waals surface area contributed by atoms with Gasteiger partial charge < -0.3 is 14.6 Å². The first kappa shape index (κ1) is 15.6. The van der Waals surface area contributed by atoms with Gasteiger partial charge in [-0.25, -0.2) is 13.2 Å². The van der Waals surface area contributed by atoms with Crippen LogP contribution in [-0.4, -0.2) is 48.0 Å². The van der Waals surface area contributed by atoms with E-state index in [1.54, 1.807) is 0 Å². The maximum Gasteiger partial charge on any atom is 0.310 e. The molecular weight excluding hydrogens is 305 g/mol. The van der Waals surface area contributed by atoms with Gasteiger partial charge in [0.25, 0.3) is 5.92 Å². The summed E-state index contributed by atoms with van der Waals surface area (Å²) in [5.41, 5.74) is 0. The molecule has 0 spiro atoms. The largest absolute Gasteiger partial charge is 0.465 e. The summed E-state index contributed by atoms with van der Waals surface area (Å²) in [6.45, 7) is -0.0287. The first-order chi connectivity index (χ1) is 10.2. The van der Waals surface area contributed by atoms with Crippen molar-refractivity contribution in [1.29, 1.82) is 0 Å². The lowest BCUT2D eigenvalue weighted by Crippen LogP contribution is -2.41. The van der Waals surface area contributed by atoms with Crippen molar-refractivity contribution in [3.63, 3.8) is 0 Å². The quantitative estimate of drug-likeness (QED) is 0.767. The standard InChI is InChI=1S/C14H17F3O5/c1-14(16,17)7(15)2-3-21-12(19)8-5-4-6-9(8)13(20)22-11(6)10(5)18/h5-11,18H,2-4H2,1H3. The number of ether oxygens (including phenoxy) is 2. The molecule has 3 fully saturated rings. The first-order valence-electron chi connectivity index (χ1n) is 7.29. The van der Waals surface area contributed by atoms with Crippen molar-refractivity contribution < 1.29 is 37.3 Å². The Bertz CT molecular complexity index is 491. The number of hydrogen-bond donors (Lipinski definition) is 1. The van der Waals surface area contributed by atoms with E-state index in [9.17, 15) is 27.9 Å². The number of hydrogen-bond acceptors (Lipinski definition) is 5. The molecule has 7 atom stereocenters. The fraction of sp³-hybridized carbons (Fsp3) is 0.857. The molecule has 0 radical (unpaired) electrons. The number of aliphatic hydroxyl groups excluding tert-OH is 1. The highest BCUT2D eigenvalue weighted by Crippen LogP contribution is 2.58. The highest BCUT2D eigenvalue weighted by Gasteiger charge is 2.68. The van der Waals surface area contributed by atoms with Crippen molar-refractivity contribution in [1.82, 2.24) is 0 Å². The Kier molecular flexibility index (Phi) is 3.62. The monoisotopic (exact) mass is 322 g/mol. The van der Waals surface area contributed by atoms with Gasteiger partial charge in [0.2, 0.25) is 0 Å². The second-order valence-electron chi connectivity index (χ2n) is 6.39. The third kappa shape index (κ3) is 2.28. The zero-order chi connectivity index (χ0) is 16.2. The molecule has 3 rings (SSSR count). The summed E-state index contributed by atoms with van der Waals surface area (Å²) in [6.07, 6.45) is -3.97. The molecule has 7 unspecified atom stereocenters. The molecule has 0 aromatic heterocycles. The molecule has 1 saturated heterocycles. The van der Waals surface area contributed by atoms with Crippen molar-refractivity contribution in [3.8, 4) is 0 Å². The number of esters is 2. The van der Waals surface area contributed by atoms with Crippen molar-refractivity contribution in [2.45, 2.75) is 44.1 Å². The normalized spacial score (nSPS) is 40.7. The van der Waals surface area contributed by atoms with Crippen LogP contribution in [-0.2, 0) is 19.1 Å². The lowest BCUT2D eigenvalue weighted by Gasteiger charge is -2.27. The maximum atomic E-state index is 13.1. The lowest BCUT2D eigenvalue weighted by atomic mass is 9.78. The molecule has 0 aromatic rings. The second-order valence-corrected chi connectivity index (χ2v) is 6.39. The minimum absolute atomic E-state index is 0.195. The Balaban J connectivity index is 1.58. The highest BCUT2D eigenvalue weighted by molar-refractivity contribution is 5.86. The van der Waals surface area contributed by atoms with E-state index in [2.05, 4.69) is 0 Å². The first-order valence-corrected chi connectivity index (χ1v) is 7.29. The average Bonchev–Trinajstić information content (AvgIpc) is 3.01. The Hall–Kier alpha value is -1.31. The minimum atomic E-state index is -3.49. The summed E-state index contributed by atoms with van der Waals surface area (Å²) in [5, 5.41) is 10.0. The summed E-state index contributed by atoms with van der Waals surface area (Å²) in [6, 6.07) is 0. The molecule has 124 valence electrons. The molecule has 5 nitrogen and oxygen atoms in total. The summed E-state index contributed by atoms with van der Waals surface area (Å²) in [5.74, 6) is -6.85. The second kappa shape index (κ2) is 5.11. The van der Waals surface area contributed by atoms with Gasteiger partial charge in [-0.1, -0.05) is 0 Å². The maximum absolute atomic E-state index is 13.1. The molecule has 2 saturated carbocycles. The highest BCUT2D eigenvalue weighted by atomic mass is 19.3. The Morgan fingerprint density at radius 2 is 2.18 bits per heavy atom. The van der Waals surface area contributed by atoms with Crippen molar-refractivity contribution in [2.24, 2.45) is 23.7 Å². The number of rotatable bonds is 5. The topological polar surface area (TPSA) is 72.8 Å². The van der Waals surface area contributed by atoms with E-state index in [0.717, 1.165) is 0 Å². The third-order valence-electron chi connectivity index (χ3n) is 5.01. The summed E-state index contributed by atoms with van der Waals surface area (Å²) >= 11 is 0. The van der Waals surface area contributed by atoms with Crippen molar-refractivity contribution in [2.75, 3.05) is 6.61 Å². The molecule has 2 bridgehead atoms. The summed E-state index contributed by atoms with van der Waals surface area (Å²) < 4.78 is 48.4. The SMILES string of the molecule is CC(F)(F)C(F)CCOC(=O)C1C2CC3C(OC(=O)C31)C2O. The molecular formula is C14H17F3O5. The molecule has 1 aliphatic heterocycles. The molecule has 0 amide bonds. The van der Waals surface area contributed by atoms with Crippen LogP contribution in [0, 0.1) is 23.7 Å². The Labute approximate surface area is 124 Å². The number of carbonyl (C=O) groups excluding carboxylic acids is 2. The van der Waals surface area contributed by atoms with Gasteiger partial charge in [0.05, 0.1) is 24.5 Å². The molecule has 1 heterocycles. The van der Waals surface area contributed by atoms with E-state index in [1.807, 2.05) is 0 Å². The fourth-order valence-electron chi connectivity index (χ4n) is 3.95. The van der Waals surface area contributed by atoms with Crippen LogP contribution in [0.25, 0.3) is 0 Å². The number of halogens is 3. The van der Waals surface area contributed by atoms with Gasteiger partial charge in [0.1, 0.15) is 6.10 Å². The van der Waals surface area contributed by atoms with E-state index in [-0.39, 0.29) is 5.92 Å². The van der Waals surface area contributed by atoms with Gasteiger partial charge in [-0.3, -0.25) is 9.59 Å². The van der Waals surface area contributed by atoms with Crippen molar-refractivity contribution >= 4 is 11.9 Å². The van der Waals surface area contributed by atoms with Gasteiger partial charge >= 0.3 is 11.9 Å². The van der Waals surface area contributed by atoms with Crippen LogP contribution in [0.15, 0.2) is 0 Å². The van der Waals surface area contributed by atoms with E-state index in [1.165, 1.54) is 0 Å². The van der Waals surface area contributed by atoms with E-state index >= 15 is 0 Å². The zero-order valence-electron chi connectivity index (χ0n) is 11.9. The molecule has 22 heavy (non-hydrogen) atoms. The lowest BCUT2D eigenvalue weighted by molar-refractivity contribution is -0.157. The van der Waals surface area contributed by atoms with E-state index in [4.69, 9.17) is 9.47 Å². The average molecular weight is 322 g/mol. The van der Waals surface area contributed by atoms with Crippen LogP contribution >= 0.6 is 0 Å². The van der Waals surface area contributed by atoms with E-state index < -0.39 is 67.0 Å². The van der Waals surface area contributed by atoms with Crippen molar-refractivity contribution in [3.05, 3.63) is 0 Å². The van der Waals surface area contributed by atoms with Crippen LogP contribution in [0.1, 0.15) is 19.8 Å². The van der Waals surface area contributed by atoms with Crippen LogP contribution in [0.4, 0.5) is 13.2 Å². The third-order valence-corrected chi connectivity index (χ3v) is 5.01.